The van der Waals surface area contributed by atoms with Gasteiger partial charge in [-0.3, -0.25) is 14.8 Å². The van der Waals surface area contributed by atoms with Crippen molar-refractivity contribution < 1.29 is 9.53 Å². The highest BCUT2D eigenvalue weighted by molar-refractivity contribution is 7.19. The van der Waals surface area contributed by atoms with E-state index in [1.807, 2.05) is 31.2 Å². The molecule has 0 radical (unpaired) electrons. The third-order valence-electron chi connectivity index (χ3n) is 3.62. The monoisotopic (exact) mass is 410 g/mol. The van der Waals surface area contributed by atoms with E-state index in [4.69, 9.17) is 4.74 Å². The molecule has 0 aromatic carbocycles. The highest BCUT2D eigenvalue weighted by Gasteiger charge is 2.14. The number of carbonyl (C=O) groups is 1. The number of halogens is 2. The highest BCUT2D eigenvalue weighted by atomic mass is 35.5. The zero-order valence-corrected chi connectivity index (χ0v) is 16.7. The zero-order valence-electron chi connectivity index (χ0n) is 14.3. The highest BCUT2D eigenvalue weighted by Crippen LogP contribution is 2.38. The predicted molar refractivity (Wildman–Crippen MR) is 110 cm³/mol. The second-order valence-corrected chi connectivity index (χ2v) is 6.29. The fourth-order valence-corrected chi connectivity index (χ4v) is 3.71. The standard InChI is InChI=1S/C19H18N2O2S.2ClH/c1-2-23-18(22)4-3-16-13-17(14-5-9-20-10-6-14)24-19(16)15-7-11-21-12-8-15;;/h5-13H,2-4H2,1H3;2*1H. The van der Waals surface area contributed by atoms with Crippen molar-refractivity contribution in [2.75, 3.05) is 6.61 Å². The van der Waals surface area contributed by atoms with Crippen LogP contribution in [0, 0.1) is 0 Å². The SMILES string of the molecule is CCOC(=O)CCc1cc(-c2ccncc2)sc1-c1ccncc1.Cl.Cl. The van der Waals surface area contributed by atoms with E-state index in [9.17, 15) is 4.79 Å². The number of hydrogen-bond donors (Lipinski definition) is 0. The number of pyridine rings is 2. The van der Waals surface area contributed by atoms with Crippen LogP contribution in [-0.4, -0.2) is 22.5 Å². The molecule has 0 saturated heterocycles. The maximum atomic E-state index is 11.7. The van der Waals surface area contributed by atoms with Gasteiger partial charge in [0, 0.05) is 41.0 Å². The van der Waals surface area contributed by atoms with Crippen LogP contribution in [0.25, 0.3) is 20.9 Å². The molecule has 3 aromatic rings. The van der Waals surface area contributed by atoms with Gasteiger partial charge >= 0.3 is 5.97 Å². The molecule has 0 aliphatic carbocycles. The number of aromatic nitrogens is 2. The molecule has 0 saturated carbocycles. The van der Waals surface area contributed by atoms with Crippen LogP contribution in [0.15, 0.2) is 55.1 Å². The largest absolute Gasteiger partial charge is 0.466 e. The number of ether oxygens (including phenoxy) is 1. The van der Waals surface area contributed by atoms with Crippen molar-refractivity contribution in [2.45, 2.75) is 19.8 Å². The molecule has 0 amide bonds. The second kappa shape index (κ2) is 10.9. The maximum absolute atomic E-state index is 11.7. The molecular weight excluding hydrogens is 391 g/mol. The molecule has 138 valence electrons. The molecule has 0 bridgehead atoms. The van der Waals surface area contributed by atoms with Crippen LogP contribution < -0.4 is 0 Å². The van der Waals surface area contributed by atoms with E-state index in [2.05, 4.69) is 16.0 Å². The van der Waals surface area contributed by atoms with Crippen molar-refractivity contribution in [2.24, 2.45) is 0 Å². The first-order chi connectivity index (χ1) is 11.8. The molecule has 3 rings (SSSR count). The van der Waals surface area contributed by atoms with Gasteiger partial charge in [0.05, 0.1) is 6.61 Å². The number of hydrogen-bond acceptors (Lipinski definition) is 5. The fourth-order valence-electron chi connectivity index (χ4n) is 2.49. The van der Waals surface area contributed by atoms with Gasteiger partial charge < -0.3 is 4.74 Å². The van der Waals surface area contributed by atoms with Gasteiger partial charge in [-0.25, -0.2) is 0 Å². The molecule has 3 heterocycles. The third kappa shape index (κ3) is 5.53. The second-order valence-electron chi connectivity index (χ2n) is 5.24. The average molecular weight is 411 g/mol. The van der Waals surface area contributed by atoms with Gasteiger partial charge in [0.15, 0.2) is 0 Å². The van der Waals surface area contributed by atoms with E-state index >= 15 is 0 Å². The van der Waals surface area contributed by atoms with Crippen LogP contribution in [0.1, 0.15) is 18.9 Å². The molecule has 0 aliphatic rings. The fraction of sp³-hybridized carbons (Fsp3) is 0.211. The summed E-state index contributed by atoms with van der Waals surface area (Å²) in [6.07, 6.45) is 8.21. The van der Waals surface area contributed by atoms with Gasteiger partial charge in [-0.15, -0.1) is 36.2 Å². The Bertz CT molecular complexity index is 811. The Morgan fingerprint density at radius 3 is 2.15 bits per heavy atom. The van der Waals surface area contributed by atoms with E-state index in [1.165, 1.54) is 9.75 Å². The van der Waals surface area contributed by atoms with Crippen LogP contribution in [0.4, 0.5) is 0 Å². The van der Waals surface area contributed by atoms with Crippen molar-refractivity contribution in [3.63, 3.8) is 0 Å². The minimum Gasteiger partial charge on any atom is -0.466 e. The lowest BCUT2D eigenvalue weighted by Gasteiger charge is -2.04. The lowest BCUT2D eigenvalue weighted by Crippen LogP contribution is -2.05. The minimum absolute atomic E-state index is 0. The predicted octanol–water partition coefficient (Wildman–Crippen LogP) is 5.21. The molecule has 7 heteroatoms. The third-order valence-corrected chi connectivity index (χ3v) is 4.90. The van der Waals surface area contributed by atoms with E-state index in [1.54, 1.807) is 36.1 Å². The van der Waals surface area contributed by atoms with Gasteiger partial charge in [0.25, 0.3) is 0 Å². The summed E-state index contributed by atoms with van der Waals surface area (Å²) in [5.41, 5.74) is 3.41. The Kier molecular flexibility index (Phi) is 9.27. The van der Waals surface area contributed by atoms with E-state index in [0.717, 1.165) is 16.7 Å². The number of aryl methyl sites for hydroxylation is 1. The average Bonchev–Trinajstić information content (AvgIpc) is 3.06. The molecule has 0 aliphatic heterocycles. The Labute approximate surface area is 169 Å². The summed E-state index contributed by atoms with van der Waals surface area (Å²) in [6.45, 7) is 2.24. The molecule has 0 fully saturated rings. The molecule has 26 heavy (non-hydrogen) atoms. The minimum atomic E-state index is -0.158. The van der Waals surface area contributed by atoms with Gasteiger partial charge in [-0.1, -0.05) is 0 Å². The molecule has 0 atom stereocenters. The molecule has 3 aromatic heterocycles. The van der Waals surface area contributed by atoms with Crippen molar-refractivity contribution in [3.8, 4) is 20.9 Å². The lowest BCUT2D eigenvalue weighted by molar-refractivity contribution is -0.143. The van der Waals surface area contributed by atoms with Gasteiger partial charge in [-0.2, -0.15) is 0 Å². The number of thiophene rings is 1. The summed E-state index contributed by atoms with van der Waals surface area (Å²) < 4.78 is 5.05. The first-order valence-electron chi connectivity index (χ1n) is 7.87. The Balaban J connectivity index is 0.00000169. The van der Waals surface area contributed by atoms with Gasteiger partial charge in [0.2, 0.25) is 0 Å². The topological polar surface area (TPSA) is 52.1 Å². The van der Waals surface area contributed by atoms with E-state index < -0.39 is 0 Å². The Morgan fingerprint density at radius 1 is 1.00 bits per heavy atom. The van der Waals surface area contributed by atoms with Crippen LogP contribution in [-0.2, 0) is 16.0 Å². The summed E-state index contributed by atoms with van der Waals surface area (Å²) in [4.78, 5) is 22.2. The van der Waals surface area contributed by atoms with Crippen LogP contribution in [0.3, 0.4) is 0 Å². The summed E-state index contributed by atoms with van der Waals surface area (Å²) in [5.74, 6) is -0.158. The maximum Gasteiger partial charge on any atom is 0.306 e. The van der Waals surface area contributed by atoms with E-state index in [-0.39, 0.29) is 30.8 Å². The van der Waals surface area contributed by atoms with E-state index in [0.29, 0.717) is 19.4 Å². The number of carbonyl (C=O) groups excluding carboxylic acids is 1. The van der Waals surface area contributed by atoms with Gasteiger partial charge in [-0.05, 0) is 60.4 Å². The molecule has 0 N–H and O–H groups in total. The normalized spacial score (nSPS) is 9.73. The zero-order chi connectivity index (χ0) is 16.8. The number of nitrogens with zero attached hydrogens (tertiary/aromatic N) is 2. The molecular formula is C19H20Cl2N2O2S. The first-order valence-corrected chi connectivity index (χ1v) is 8.68. The first kappa shape index (κ1) is 22.1. The Morgan fingerprint density at radius 2 is 1.58 bits per heavy atom. The van der Waals surface area contributed by atoms with Crippen LogP contribution in [0.2, 0.25) is 0 Å². The number of rotatable bonds is 6. The Hall–Kier alpha value is -1.95. The van der Waals surface area contributed by atoms with Crippen molar-refractivity contribution >= 4 is 42.1 Å². The lowest BCUT2D eigenvalue weighted by atomic mass is 10.1. The molecule has 4 nitrogen and oxygen atoms in total. The smallest absolute Gasteiger partial charge is 0.306 e. The summed E-state index contributed by atoms with van der Waals surface area (Å²) in [7, 11) is 0. The quantitative estimate of drug-likeness (QED) is 0.523. The summed E-state index contributed by atoms with van der Waals surface area (Å²) in [6, 6.07) is 10.1. The number of esters is 1. The van der Waals surface area contributed by atoms with Crippen LogP contribution in [0.5, 0.6) is 0 Å². The summed E-state index contributed by atoms with van der Waals surface area (Å²) in [5, 5.41) is 0. The van der Waals surface area contributed by atoms with Crippen LogP contribution >= 0.6 is 36.2 Å². The summed E-state index contributed by atoms with van der Waals surface area (Å²) >= 11 is 1.72. The molecule has 0 spiro atoms. The van der Waals surface area contributed by atoms with Crippen molar-refractivity contribution in [1.29, 1.82) is 0 Å². The van der Waals surface area contributed by atoms with Gasteiger partial charge in [0.1, 0.15) is 0 Å². The molecule has 0 unspecified atom stereocenters. The van der Waals surface area contributed by atoms with Crippen molar-refractivity contribution in [3.05, 3.63) is 60.7 Å². The van der Waals surface area contributed by atoms with Crippen molar-refractivity contribution in [1.82, 2.24) is 9.97 Å².